The standard InChI is InChI=1S/C19H25N3O5/c23-11-2-12-14-15(16(11)27-12)18(26)22(17(14)25)7-13(24)20-19-3-9-1-10(4-19)6-21(5-9)8-19/h9-12,14-16,23H,1-8H2,(H,20,24)/t9-,10+,11?,12?,14?,15?,16?,19?. The van der Waals surface area contributed by atoms with Crippen molar-refractivity contribution in [2.45, 2.75) is 49.5 Å². The molecule has 0 aromatic rings. The molecule has 1 saturated carbocycles. The average Bonchev–Trinajstić information content (AvgIpc) is 3.20. The molecule has 7 rings (SSSR count). The van der Waals surface area contributed by atoms with Crippen LogP contribution in [-0.2, 0) is 19.1 Å². The molecular weight excluding hydrogens is 350 g/mol. The summed E-state index contributed by atoms with van der Waals surface area (Å²) in [7, 11) is 0. The predicted octanol–water partition coefficient (Wildman–Crippen LogP) is -1.28. The van der Waals surface area contributed by atoms with E-state index in [1.807, 2.05) is 0 Å². The quantitative estimate of drug-likeness (QED) is 0.596. The first kappa shape index (κ1) is 16.4. The highest BCUT2D eigenvalue weighted by Crippen LogP contribution is 2.49. The van der Waals surface area contributed by atoms with Gasteiger partial charge < -0.3 is 20.1 Å². The van der Waals surface area contributed by atoms with Gasteiger partial charge in [-0.1, -0.05) is 0 Å². The van der Waals surface area contributed by atoms with Crippen LogP contribution in [0.15, 0.2) is 0 Å². The molecule has 3 amide bonds. The Balaban J connectivity index is 1.16. The zero-order valence-corrected chi connectivity index (χ0v) is 15.2. The van der Waals surface area contributed by atoms with Crippen LogP contribution in [0, 0.1) is 23.7 Å². The number of hydrogen-bond donors (Lipinski definition) is 2. The summed E-state index contributed by atoms with van der Waals surface area (Å²) in [5, 5.41) is 13.2. The lowest BCUT2D eigenvalue weighted by atomic mass is 9.64. The molecule has 27 heavy (non-hydrogen) atoms. The number of piperidine rings is 3. The predicted molar refractivity (Wildman–Crippen MR) is 91.1 cm³/mol. The highest BCUT2D eigenvalue weighted by Gasteiger charge is 2.65. The van der Waals surface area contributed by atoms with E-state index in [0.717, 1.165) is 37.4 Å². The van der Waals surface area contributed by atoms with E-state index in [0.29, 0.717) is 18.3 Å². The van der Waals surface area contributed by atoms with Crippen molar-refractivity contribution in [2.75, 3.05) is 26.2 Å². The van der Waals surface area contributed by atoms with Gasteiger partial charge in [0.25, 0.3) is 0 Å². The molecule has 6 saturated heterocycles. The van der Waals surface area contributed by atoms with Crippen LogP contribution in [0.2, 0.25) is 0 Å². The fraction of sp³-hybridized carbons (Fsp3) is 0.842. The minimum atomic E-state index is -0.692. The van der Waals surface area contributed by atoms with Crippen LogP contribution in [0.5, 0.6) is 0 Å². The third kappa shape index (κ3) is 2.23. The third-order valence-electron chi connectivity index (χ3n) is 7.72. The fourth-order valence-corrected chi connectivity index (χ4v) is 7.16. The topological polar surface area (TPSA) is 99.2 Å². The summed E-state index contributed by atoms with van der Waals surface area (Å²) >= 11 is 0. The van der Waals surface area contributed by atoms with Gasteiger partial charge in [-0.25, -0.2) is 0 Å². The second kappa shape index (κ2) is 5.30. The van der Waals surface area contributed by atoms with Crippen LogP contribution < -0.4 is 5.32 Å². The van der Waals surface area contributed by atoms with Gasteiger partial charge in [-0.15, -0.1) is 0 Å². The molecule has 7 fully saturated rings. The molecule has 6 heterocycles. The third-order valence-corrected chi connectivity index (χ3v) is 7.72. The summed E-state index contributed by atoms with van der Waals surface area (Å²) in [6.45, 7) is 2.93. The van der Waals surface area contributed by atoms with Gasteiger partial charge in [0.2, 0.25) is 17.7 Å². The Labute approximate surface area is 157 Å². The Morgan fingerprint density at radius 2 is 1.85 bits per heavy atom. The van der Waals surface area contributed by atoms with E-state index in [9.17, 15) is 19.5 Å². The zero-order chi connectivity index (χ0) is 18.5. The molecule has 1 aliphatic carbocycles. The lowest BCUT2D eigenvalue weighted by Gasteiger charge is -2.58. The summed E-state index contributed by atoms with van der Waals surface area (Å²) in [6, 6.07) is 0. The van der Waals surface area contributed by atoms with Gasteiger partial charge in [0, 0.05) is 26.1 Å². The second-order valence-electron chi connectivity index (χ2n) is 9.65. The number of hydrogen-bond acceptors (Lipinski definition) is 6. The lowest BCUT2D eigenvalue weighted by molar-refractivity contribution is -0.147. The number of nitrogens with one attached hydrogen (secondary N) is 1. The van der Waals surface area contributed by atoms with E-state index in [4.69, 9.17) is 4.74 Å². The average molecular weight is 375 g/mol. The molecule has 0 radical (unpaired) electrons. The maximum atomic E-state index is 12.8. The van der Waals surface area contributed by atoms with Crippen molar-refractivity contribution in [3.63, 3.8) is 0 Å². The highest BCUT2D eigenvalue weighted by molar-refractivity contribution is 6.08. The highest BCUT2D eigenvalue weighted by atomic mass is 16.5. The van der Waals surface area contributed by atoms with Crippen molar-refractivity contribution in [3.05, 3.63) is 0 Å². The van der Waals surface area contributed by atoms with Crippen molar-refractivity contribution in [2.24, 2.45) is 23.7 Å². The molecule has 0 aromatic heterocycles. The summed E-state index contributed by atoms with van der Waals surface area (Å²) in [5.41, 5.74) is -0.193. The molecule has 2 N–H and O–H groups in total. The Bertz CT molecular complexity index is 704. The van der Waals surface area contributed by atoms with Crippen molar-refractivity contribution in [1.82, 2.24) is 15.1 Å². The van der Waals surface area contributed by atoms with E-state index >= 15 is 0 Å². The zero-order valence-electron chi connectivity index (χ0n) is 15.2. The number of carbonyl (C=O) groups excluding carboxylic acids is 3. The van der Waals surface area contributed by atoms with Gasteiger partial charge in [0.15, 0.2) is 0 Å². The molecule has 7 aliphatic rings. The van der Waals surface area contributed by atoms with E-state index in [-0.39, 0.29) is 29.8 Å². The molecule has 146 valence electrons. The number of likely N-dealkylation sites (tertiary alicyclic amines) is 1. The minimum Gasteiger partial charge on any atom is -0.390 e. The van der Waals surface area contributed by atoms with E-state index in [2.05, 4.69) is 10.2 Å². The number of imide groups is 1. The van der Waals surface area contributed by atoms with Crippen LogP contribution in [0.4, 0.5) is 0 Å². The van der Waals surface area contributed by atoms with Gasteiger partial charge in [0.1, 0.15) is 6.54 Å². The first-order valence-electron chi connectivity index (χ1n) is 10.1. The summed E-state index contributed by atoms with van der Waals surface area (Å²) in [5.74, 6) is -0.761. The maximum Gasteiger partial charge on any atom is 0.240 e. The van der Waals surface area contributed by atoms with Crippen molar-refractivity contribution < 1.29 is 24.2 Å². The Kier molecular flexibility index (Phi) is 3.23. The van der Waals surface area contributed by atoms with E-state index in [1.165, 1.54) is 6.42 Å². The number of rotatable bonds is 3. The summed E-state index contributed by atoms with van der Waals surface area (Å²) < 4.78 is 5.61. The van der Waals surface area contributed by atoms with Gasteiger partial charge >= 0.3 is 0 Å². The van der Waals surface area contributed by atoms with Gasteiger partial charge in [-0.3, -0.25) is 19.3 Å². The molecule has 8 nitrogen and oxygen atoms in total. The Hall–Kier alpha value is -1.51. The minimum absolute atomic E-state index is 0.193. The number of amides is 3. The molecular formula is C19H25N3O5. The first-order chi connectivity index (χ1) is 12.9. The van der Waals surface area contributed by atoms with Crippen LogP contribution in [0.1, 0.15) is 25.7 Å². The van der Waals surface area contributed by atoms with Gasteiger partial charge in [0.05, 0.1) is 35.7 Å². The number of aliphatic hydroxyl groups is 1. The lowest BCUT2D eigenvalue weighted by Crippen LogP contribution is -2.69. The van der Waals surface area contributed by atoms with Crippen molar-refractivity contribution >= 4 is 17.7 Å². The van der Waals surface area contributed by atoms with E-state index in [1.54, 1.807) is 0 Å². The molecule has 6 aliphatic heterocycles. The molecule has 8 heteroatoms. The van der Waals surface area contributed by atoms with Gasteiger partial charge in [-0.05, 0) is 31.1 Å². The maximum absolute atomic E-state index is 12.8. The molecule has 6 bridgehead atoms. The second-order valence-corrected chi connectivity index (χ2v) is 9.65. The molecule has 0 spiro atoms. The normalized spacial score (nSPS) is 52.0. The van der Waals surface area contributed by atoms with E-state index < -0.39 is 30.1 Å². The fourth-order valence-electron chi connectivity index (χ4n) is 7.16. The summed E-state index contributed by atoms with van der Waals surface area (Å²) in [6.07, 6.45) is 1.98. The number of nitrogens with zero attached hydrogens (tertiary/aromatic N) is 2. The smallest absolute Gasteiger partial charge is 0.240 e. The largest absolute Gasteiger partial charge is 0.390 e. The van der Waals surface area contributed by atoms with Crippen LogP contribution in [0.25, 0.3) is 0 Å². The molecule has 7 unspecified atom stereocenters. The monoisotopic (exact) mass is 375 g/mol. The van der Waals surface area contributed by atoms with Crippen LogP contribution >= 0.6 is 0 Å². The number of carbonyl (C=O) groups is 3. The van der Waals surface area contributed by atoms with Crippen LogP contribution in [-0.4, -0.2) is 82.7 Å². The molecule has 9 atom stereocenters. The molecule has 0 aromatic carbocycles. The number of ether oxygens (including phenoxy) is 1. The Morgan fingerprint density at radius 3 is 2.56 bits per heavy atom. The SMILES string of the molecule is O=C(CN1C(=O)C2C3CC(O)C(O3)C2C1=O)NC12C[C@@H]3C[C@@H](CN(C3)C1)C2. The Morgan fingerprint density at radius 1 is 1.15 bits per heavy atom. The first-order valence-corrected chi connectivity index (χ1v) is 10.1. The van der Waals surface area contributed by atoms with Gasteiger partial charge in [-0.2, -0.15) is 0 Å². The van der Waals surface area contributed by atoms with Crippen LogP contribution in [0.3, 0.4) is 0 Å². The van der Waals surface area contributed by atoms with Crippen molar-refractivity contribution in [1.29, 1.82) is 0 Å². The van der Waals surface area contributed by atoms with Crippen molar-refractivity contribution in [3.8, 4) is 0 Å². The number of aliphatic hydroxyl groups excluding tert-OH is 1. The number of fused-ring (bicyclic) bond motifs is 5. The summed E-state index contributed by atoms with van der Waals surface area (Å²) in [4.78, 5) is 41.8.